The van der Waals surface area contributed by atoms with Crippen LogP contribution in [0.3, 0.4) is 0 Å². The van der Waals surface area contributed by atoms with Crippen molar-refractivity contribution in [2.75, 3.05) is 34.2 Å². The van der Waals surface area contributed by atoms with E-state index in [2.05, 4.69) is 23.5 Å². The number of rotatable bonds is 2. The van der Waals surface area contributed by atoms with Gasteiger partial charge < -0.3 is 15.5 Å². The molecule has 4 heteroatoms. The Hall–Kier alpha value is -1.55. The van der Waals surface area contributed by atoms with Gasteiger partial charge >= 0.3 is 0 Å². The Morgan fingerprint density at radius 1 is 1.44 bits per heavy atom. The monoisotopic (exact) mass is 246 g/mol. The fourth-order valence-corrected chi connectivity index (χ4v) is 2.30. The quantitative estimate of drug-likeness (QED) is 0.780. The van der Waals surface area contributed by atoms with E-state index in [4.69, 9.17) is 5.73 Å². The van der Waals surface area contributed by atoms with E-state index in [1.165, 1.54) is 5.57 Å². The lowest BCUT2D eigenvalue weighted by molar-refractivity contribution is -0.114. The maximum Gasteiger partial charge on any atom is 0.246 e. The van der Waals surface area contributed by atoms with Crippen molar-refractivity contribution >= 4 is 5.91 Å². The van der Waals surface area contributed by atoms with Gasteiger partial charge in [-0.1, -0.05) is 6.08 Å². The second-order valence-corrected chi connectivity index (χ2v) is 5.07. The molecular formula is C14H20N3O. The van der Waals surface area contributed by atoms with Gasteiger partial charge in [-0.2, -0.15) is 0 Å². The van der Waals surface area contributed by atoms with Gasteiger partial charge in [-0.05, 0) is 30.7 Å². The number of likely N-dealkylation sites (N-methyl/N-ethyl adjacent to an activating group) is 1. The standard InChI is InChI=1S/C14H20N3O/c1-16(2)11-5-4-10-6-7-17(3)9-13(14(15)18)12(10)8-11/h4-5,8H,6-7,9H2,1-3H3,(H2,15,18). The maximum atomic E-state index is 11.6. The van der Waals surface area contributed by atoms with Crippen molar-refractivity contribution in [2.24, 2.45) is 5.73 Å². The number of fused-ring (bicyclic) bond motifs is 1. The number of hydrogen-bond donors (Lipinski definition) is 1. The summed E-state index contributed by atoms with van der Waals surface area (Å²) in [5.74, 6) is -0.319. The van der Waals surface area contributed by atoms with Crippen molar-refractivity contribution in [1.82, 2.24) is 9.80 Å². The maximum absolute atomic E-state index is 11.6. The smallest absolute Gasteiger partial charge is 0.246 e. The Kier molecular flexibility index (Phi) is 3.57. The van der Waals surface area contributed by atoms with Crippen molar-refractivity contribution < 1.29 is 4.79 Å². The topological polar surface area (TPSA) is 49.6 Å². The molecule has 2 N–H and O–H groups in total. The predicted octanol–water partition coefficient (Wildman–Crippen LogP) is 0.694. The van der Waals surface area contributed by atoms with E-state index < -0.39 is 0 Å². The average molecular weight is 246 g/mol. The van der Waals surface area contributed by atoms with Crippen molar-refractivity contribution in [2.45, 2.75) is 6.42 Å². The summed E-state index contributed by atoms with van der Waals surface area (Å²) in [6.45, 7) is 1.57. The predicted molar refractivity (Wildman–Crippen MR) is 72.5 cm³/mol. The van der Waals surface area contributed by atoms with Gasteiger partial charge in [0, 0.05) is 44.9 Å². The Morgan fingerprint density at radius 2 is 2.17 bits per heavy atom. The first-order valence-electron chi connectivity index (χ1n) is 6.14. The molecule has 18 heavy (non-hydrogen) atoms. The van der Waals surface area contributed by atoms with Crippen molar-refractivity contribution in [3.05, 3.63) is 41.0 Å². The van der Waals surface area contributed by atoms with E-state index in [-0.39, 0.29) is 5.91 Å². The van der Waals surface area contributed by atoms with E-state index >= 15 is 0 Å². The van der Waals surface area contributed by atoms with Gasteiger partial charge in [-0.25, -0.2) is 0 Å². The van der Waals surface area contributed by atoms with Crippen molar-refractivity contribution in [1.29, 1.82) is 0 Å². The molecule has 1 aliphatic heterocycles. The van der Waals surface area contributed by atoms with Gasteiger partial charge in [0.2, 0.25) is 5.91 Å². The first-order chi connectivity index (χ1) is 8.49. The summed E-state index contributed by atoms with van der Waals surface area (Å²) in [5, 5.41) is 0. The van der Waals surface area contributed by atoms with Gasteiger partial charge in [0.15, 0.2) is 0 Å². The molecule has 0 fully saturated rings. The summed E-state index contributed by atoms with van der Waals surface area (Å²) < 4.78 is 0. The summed E-state index contributed by atoms with van der Waals surface area (Å²) in [5.41, 5.74) is 9.55. The zero-order chi connectivity index (χ0) is 13.3. The van der Waals surface area contributed by atoms with Crippen LogP contribution in [0.5, 0.6) is 0 Å². The van der Waals surface area contributed by atoms with E-state index in [9.17, 15) is 4.79 Å². The molecule has 0 saturated carbocycles. The third kappa shape index (κ3) is 2.48. The molecule has 1 radical (unpaired) electrons. The summed E-state index contributed by atoms with van der Waals surface area (Å²) in [6.07, 6.45) is 7.21. The summed E-state index contributed by atoms with van der Waals surface area (Å²) in [6, 6.07) is 0. The Bertz CT molecular complexity index is 458. The fourth-order valence-electron chi connectivity index (χ4n) is 2.30. The van der Waals surface area contributed by atoms with Crippen LogP contribution in [-0.4, -0.2) is 49.9 Å². The van der Waals surface area contributed by atoms with Crippen LogP contribution in [0, 0.1) is 6.42 Å². The van der Waals surface area contributed by atoms with E-state index in [0.717, 1.165) is 24.2 Å². The molecule has 1 aliphatic carbocycles. The molecule has 2 rings (SSSR count). The highest BCUT2D eigenvalue weighted by Crippen LogP contribution is 2.30. The third-order valence-electron chi connectivity index (χ3n) is 3.42. The molecule has 97 valence electrons. The van der Waals surface area contributed by atoms with Crippen molar-refractivity contribution in [3.63, 3.8) is 0 Å². The van der Waals surface area contributed by atoms with Gasteiger partial charge in [0.1, 0.15) is 0 Å². The fraction of sp³-hybridized carbons (Fsp3) is 0.429. The van der Waals surface area contributed by atoms with Crippen LogP contribution in [0.1, 0.15) is 6.42 Å². The molecule has 2 aliphatic rings. The molecule has 0 atom stereocenters. The first-order valence-corrected chi connectivity index (χ1v) is 6.14. The van der Waals surface area contributed by atoms with Crippen LogP contribution in [0.25, 0.3) is 0 Å². The molecule has 1 amide bonds. The lowest BCUT2D eigenvalue weighted by Crippen LogP contribution is -2.27. The molecule has 0 unspecified atom stereocenters. The Balaban J connectivity index is 2.47. The van der Waals surface area contributed by atoms with Crippen LogP contribution >= 0.6 is 0 Å². The minimum atomic E-state index is -0.319. The third-order valence-corrected chi connectivity index (χ3v) is 3.42. The SMILES string of the molecule is CN1CCC2=C[CH]C(N(C)C)=CC2=C(C(N)=O)C1. The van der Waals surface area contributed by atoms with Crippen LogP contribution in [0.15, 0.2) is 34.6 Å². The minimum absolute atomic E-state index is 0.319. The van der Waals surface area contributed by atoms with Crippen LogP contribution in [0.2, 0.25) is 0 Å². The summed E-state index contributed by atoms with van der Waals surface area (Å²) in [4.78, 5) is 15.8. The number of nitrogens with zero attached hydrogens (tertiary/aromatic N) is 2. The lowest BCUT2D eigenvalue weighted by Gasteiger charge is -2.22. The number of amides is 1. The minimum Gasteiger partial charge on any atom is -0.380 e. The van der Waals surface area contributed by atoms with Crippen LogP contribution in [0.4, 0.5) is 0 Å². The largest absolute Gasteiger partial charge is 0.380 e. The number of nitrogens with two attached hydrogens (primary N) is 1. The molecule has 0 bridgehead atoms. The Morgan fingerprint density at radius 3 is 2.78 bits per heavy atom. The summed E-state index contributed by atoms with van der Waals surface area (Å²) >= 11 is 0. The number of hydrogen-bond acceptors (Lipinski definition) is 3. The summed E-state index contributed by atoms with van der Waals surface area (Å²) in [7, 11) is 6.00. The highest BCUT2D eigenvalue weighted by molar-refractivity contribution is 5.95. The van der Waals surface area contributed by atoms with E-state index in [1.807, 2.05) is 26.0 Å². The molecule has 4 nitrogen and oxygen atoms in total. The molecule has 0 aromatic rings. The Labute approximate surface area is 108 Å². The highest BCUT2D eigenvalue weighted by atomic mass is 16.1. The van der Waals surface area contributed by atoms with Crippen LogP contribution < -0.4 is 5.73 Å². The van der Waals surface area contributed by atoms with Gasteiger partial charge in [-0.3, -0.25) is 4.79 Å². The zero-order valence-electron chi connectivity index (χ0n) is 11.2. The normalized spacial score (nSPS) is 20.8. The first kappa shape index (κ1) is 12.9. The van der Waals surface area contributed by atoms with E-state index in [0.29, 0.717) is 12.1 Å². The molecule has 0 aromatic carbocycles. The second-order valence-electron chi connectivity index (χ2n) is 5.07. The highest BCUT2D eigenvalue weighted by Gasteiger charge is 2.23. The van der Waals surface area contributed by atoms with Gasteiger partial charge in [0.25, 0.3) is 0 Å². The van der Waals surface area contributed by atoms with E-state index in [1.54, 1.807) is 0 Å². The second kappa shape index (κ2) is 4.98. The number of carbonyl (C=O) groups excluding carboxylic acids is 1. The van der Waals surface area contributed by atoms with Crippen molar-refractivity contribution in [3.8, 4) is 0 Å². The molecular weight excluding hydrogens is 226 g/mol. The van der Waals surface area contributed by atoms with Gasteiger partial charge in [0.05, 0.1) is 0 Å². The lowest BCUT2D eigenvalue weighted by atomic mass is 9.91. The zero-order valence-corrected chi connectivity index (χ0v) is 11.2. The molecule has 0 saturated heterocycles. The van der Waals surface area contributed by atoms with Gasteiger partial charge in [-0.15, -0.1) is 0 Å². The average Bonchev–Trinajstić information content (AvgIpc) is 2.48. The van der Waals surface area contributed by atoms with Crippen LogP contribution in [-0.2, 0) is 4.79 Å². The molecule has 0 aromatic heterocycles. The number of carbonyl (C=O) groups is 1. The molecule has 0 spiro atoms. The number of allylic oxidation sites excluding steroid dienone is 3. The number of primary amides is 1. The molecule has 1 heterocycles.